The van der Waals surface area contributed by atoms with Gasteiger partial charge in [0.25, 0.3) is 0 Å². The van der Waals surface area contributed by atoms with Gasteiger partial charge >= 0.3 is 0 Å². The Labute approximate surface area is 117 Å². The van der Waals surface area contributed by atoms with Crippen LogP contribution in [0.2, 0.25) is 0 Å². The number of ketones is 1. The van der Waals surface area contributed by atoms with Crippen LogP contribution < -0.4 is 0 Å². The third kappa shape index (κ3) is 6.21. The van der Waals surface area contributed by atoms with Gasteiger partial charge in [-0.1, -0.05) is 0 Å². The SMILES string of the molecule is CCOC(C)OC(C)(C)C(=CC(C)=O)N(CC)CC. The summed E-state index contributed by atoms with van der Waals surface area (Å²) in [6.45, 7) is 15.7. The lowest BCUT2D eigenvalue weighted by Gasteiger charge is -2.37. The highest BCUT2D eigenvalue weighted by Gasteiger charge is 2.30. The van der Waals surface area contributed by atoms with Gasteiger partial charge in [-0.2, -0.15) is 0 Å². The van der Waals surface area contributed by atoms with Gasteiger partial charge in [0.2, 0.25) is 0 Å². The molecule has 1 atom stereocenters. The molecule has 0 amide bonds. The molecule has 0 aromatic carbocycles. The van der Waals surface area contributed by atoms with Crippen LogP contribution in [0.3, 0.4) is 0 Å². The Morgan fingerprint density at radius 3 is 2.16 bits per heavy atom. The normalized spacial score (nSPS) is 14.4. The van der Waals surface area contributed by atoms with Gasteiger partial charge in [-0.3, -0.25) is 4.79 Å². The molecule has 19 heavy (non-hydrogen) atoms. The van der Waals surface area contributed by atoms with Crippen molar-refractivity contribution in [1.82, 2.24) is 4.90 Å². The highest BCUT2D eigenvalue weighted by Crippen LogP contribution is 2.26. The number of ether oxygens (including phenoxy) is 2. The molecule has 0 fully saturated rings. The van der Waals surface area contributed by atoms with Gasteiger partial charge in [0.15, 0.2) is 12.1 Å². The summed E-state index contributed by atoms with van der Waals surface area (Å²) in [5, 5.41) is 0. The number of nitrogens with zero attached hydrogens (tertiary/aromatic N) is 1. The van der Waals surface area contributed by atoms with Crippen LogP contribution in [-0.4, -0.2) is 42.3 Å². The van der Waals surface area contributed by atoms with E-state index in [0.29, 0.717) is 6.61 Å². The first-order valence-electron chi connectivity index (χ1n) is 7.05. The Balaban J connectivity index is 5.17. The molecule has 0 aliphatic rings. The van der Waals surface area contributed by atoms with Gasteiger partial charge in [-0.05, 0) is 48.5 Å². The van der Waals surface area contributed by atoms with E-state index >= 15 is 0 Å². The van der Waals surface area contributed by atoms with Crippen molar-refractivity contribution in [3.05, 3.63) is 11.8 Å². The lowest BCUT2D eigenvalue weighted by atomic mass is 10.0. The third-order valence-corrected chi connectivity index (χ3v) is 2.92. The standard InChI is InChI=1S/C15H29NO3/c1-8-16(9-2)14(11-12(4)17)15(6,7)19-13(5)18-10-3/h11,13H,8-10H2,1-7H3. The zero-order valence-electron chi connectivity index (χ0n) is 13.4. The molecule has 0 aromatic heterocycles. The second kappa shape index (κ2) is 8.33. The molecule has 4 heteroatoms. The van der Waals surface area contributed by atoms with Crippen molar-refractivity contribution in [3.63, 3.8) is 0 Å². The van der Waals surface area contributed by atoms with Crippen LogP contribution in [0.1, 0.15) is 48.5 Å². The lowest BCUT2D eigenvalue weighted by molar-refractivity contribution is -0.181. The second-order valence-electron chi connectivity index (χ2n) is 4.96. The molecule has 0 N–H and O–H groups in total. The molecule has 112 valence electrons. The van der Waals surface area contributed by atoms with Crippen molar-refractivity contribution in [2.45, 2.75) is 60.4 Å². The molecule has 0 spiro atoms. The lowest BCUT2D eigenvalue weighted by Crippen LogP contribution is -2.41. The summed E-state index contributed by atoms with van der Waals surface area (Å²) in [5.74, 6) is 0.0302. The fourth-order valence-electron chi connectivity index (χ4n) is 2.15. The van der Waals surface area contributed by atoms with Crippen molar-refractivity contribution in [2.24, 2.45) is 0 Å². The van der Waals surface area contributed by atoms with E-state index in [1.165, 1.54) is 0 Å². The van der Waals surface area contributed by atoms with E-state index in [1.807, 2.05) is 27.7 Å². The van der Waals surface area contributed by atoms with Crippen LogP contribution in [0, 0.1) is 0 Å². The summed E-state index contributed by atoms with van der Waals surface area (Å²) in [7, 11) is 0. The smallest absolute Gasteiger partial charge is 0.156 e. The first kappa shape index (κ1) is 18.1. The predicted molar refractivity (Wildman–Crippen MR) is 77.9 cm³/mol. The quantitative estimate of drug-likeness (QED) is 0.477. The fraction of sp³-hybridized carbons (Fsp3) is 0.800. The van der Waals surface area contributed by atoms with Gasteiger partial charge < -0.3 is 14.4 Å². The van der Waals surface area contributed by atoms with Gasteiger partial charge in [0, 0.05) is 31.5 Å². The maximum atomic E-state index is 11.5. The Bertz CT molecular complexity index is 307. The van der Waals surface area contributed by atoms with E-state index in [4.69, 9.17) is 9.47 Å². The minimum absolute atomic E-state index is 0.0302. The molecule has 0 saturated heterocycles. The Morgan fingerprint density at radius 1 is 1.26 bits per heavy atom. The molecular weight excluding hydrogens is 242 g/mol. The summed E-state index contributed by atoms with van der Waals surface area (Å²) in [4.78, 5) is 13.6. The minimum atomic E-state index is -0.563. The Hall–Kier alpha value is -0.870. The highest BCUT2D eigenvalue weighted by molar-refractivity contribution is 5.88. The molecule has 0 bridgehead atoms. The van der Waals surface area contributed by atoms with Crippen molar-refractivity contribution < 1.29 is 14.3 Å². The molecule has 1 unspecified atom stereocenters. The number of hydrogen-bond donors (Lipinski definition) is 0. The Kier molecular flexibility index (Phi) is 7.95. The summed E-state index contributed by atoms with van der Waals surface area (Å²) in [6.07, 6.45) is 1.36. The number of carbonyl (C=O) groups excluding carboxylic acids is 1. The Morgan fingerprint density at radius 2 is 1.79 bits per heavy atom. The number of rotatable bonds is 9. The number of allylic oxidation sites excluding steroid dienone is 1. The van der Waals surface area contributed by atoms with E-state index in [0.717, 1.165) is 18.8 Å². The predicted octanol–water partition coefficient (Wildman–Crippen LogP) is 2.98. The van der Waals surface area contributed by atoms with E-state index < -0.39 is 5.60 Å². The van der Waals surface area contributed by atoms with Crippen LogP contribution in [-0.2, 0) is 14.3 Å². The van der Waals surface area contributed by atoms with E-state index in [1.54, 1.807) is 13.0 Å². The van der Waals surface area contributed by atoms with E-state index in [9.17, 15) is 4.79 Å². The average Bonchev–Trinajstić information content (AvgIpc) is 2.28. The highest BCUT2D eigenvalue weighted by atomic mass is 16.7. The van der Waals surface area contributed by atoms with Crippen LogP contribution in [0.5, 0.6) is 0 Å². The maximum absolute atomic E-state index is 11.5. The van der Waals surface area contributed by atoms with Crippen LogP contribution in [0.15, 0.2) is 11.8 Å². The molecule has 0 rings (SSSR count). The number of hydrogen-bond acceptors (Lipinski definition) is 4. The molecule has 0 aliphatic heterocycles. The van der Waals surface area contributed by atoms with Gasteiger partial charge in [-0.25, -0.2) is 0 Å². The fourth-order valence-corrected chi connectivity index (χ4v) is 2.15. The zero-order chi connectivity index (χ0) is 15.1. The first-order chi connectivity index (χ1) is 8.78. The summed E-state index contributed by atoms with van der Waals surface area (Å²) in [6, 6.07) is 0. The zero-order valence-corrected chi connectivity index (χ0v) is 13.4. The molecule has 0 aliphatic carbocycles. The van der Waals surface area contributed by atoms with Gasteiger partial charge in [0.1, 0.15) is 5.60 Å². The molecule has 0 heterocycles. The molecule has 4 nitrogen and oxygen atoms in total. The summed E-state index contributed by atoms with van der Waals surface area (Å²) in [5.41, 5.74) is 0.336. The van der Waals surface area contributed by atoms with Crippen molar-refractivity contribution in [1.29, 1.82) is 0 Å². The summed E-state index contributed by atoms with van der Waals surface area (Å²) < 4.78 is 11.4. The first-order valence-corrected chi connectivity index (χ1v) is 7.05. The second-order valence-corrected chi connectivity index (χ2v) is 4.96. The van der Waals surface area contributed by atoms with Crippen LogP contribution in [0.4, 0.5) is 0 Å². The topological polar surface area (TPSA) is 38.8 Å². The molecular formula is C15H29NO3. The maximum Gasteiger partial charge on any atom is 0.156 e. The van der Waals surface area contributed by atoms with Gasteiger partial charge in [0.05, 0.1) is 0 Å². The van der Waals surface area contributed by atoms with Crippen LogP contribution in [0.25, 0.3) is 0 Å². The number of likely N-dealkylation sites (N-methyl/N-ethyl adjacent to an activating group) is 1. The van der Waals surface area contributed by atoms with Crippen molar-refractivity contribution >= 4 is 5.78 Å². The molecule has 0 saturated carbocycles. The van der Waals surface area contributed by atoms with Crippen LogP contribution >= 0.6 is 0 Å². The molecule has 0 aromatic rings. The largest absolute Gasteiger partial charge is 0.373 e. The van der Waals surface area contributed by atoms with E-state index in [2.05, 4.69) is 18.7 Å². The van der Waals surface area contributed by atoms with E-state index in [-0.39, 0.29) is 12.1 Å². The third-order valence-electron chi connectivity index (χ3n) is 2.92. The minimum Gasteiger partial charge on any atom is -0.373 e. The molecule has 0 radical (unpaired) electrons. The van der Waals surface area contributed by atoms with Crippen molar-refractivity contribution in [2.75, 3.05) is 19.7 Å². The van der Waals surface area contributed by atoms with Crippen molar-refractivity contribution in [3.8, 4) is 0 Å². The summed E-state index contributed by atoms with van der Waals surface area (Å²) >= 11 is 0. The monoisotopic (exact) mass is 271 g/mol. The average molecular weight is 271 g/mol. The van der Waals surface area contributed by atoms with Gasteiger partial charge in [-0.15, -0.1) is 0 Å². The number of carbonyl (C=O) groups is 1.